The maximum atomic E-state index is 12.3. The molecule has 25 heavy (non-hydrogen) atoms. The number of hydrogen-bond acceptors (Lipinski definition) is 4. The molecular formula is C19H14Cl2O4. The first-order chi connectivity index (χ1) is 11.9. The maximum Gasteiger partial charge on any atom is 0.340 e. The van der Waals surface area contributed by atoms with Gasteiger partial charge in [-0.3, -0.25) is 0 Å². The molecule has 0 spiro atoms. The standard InChI is InChI=1S/C19H14Cl2O4/c1-10-3-5-14-12(7-17(22)25-18(14)11(10)2)9-24-19(23)15-8-13(20)4-6-16(15)21/h3-8H,9H2,1-2H3. The van der Waals surface area contributed by atoms with Crippen molar-refractivity contribution >= 4 is 40.1 Å². The molecular weight excluding hydrogens is 363 g/mol. The van der Waals surface area contributed by atoms with E-state index in [1.165, 1.54) is 18.2 Å². The summed E-state index contributed by atoms with van der Waals surface area (Å²) in [5.74, 6) is -0.613. The summed E-state index contributed by atoms with van der Waals surface area (Å²) in [6.07, 6.45) is 0. The molecule has 1 aromatic heterocycles. The van der Waals surface area contributed by atoms with Gasteiger partial charge in [0, 0.05) is 22.0 Å². The lowest BCUT2D eigenvalue weighted by atomic mass is 10.0. The van der Waals surface area contributed by atoms with Crippen molar-refractivity contribution in [2.75, 3.05) is 0 Å². The first-order valence-corrected chi connectivity index (χ1v) is 8.27. The Bertz CT molecular complexity index is 1040. The van der Waals surface area contributed by atoms with Gasteiger partial charge in [0.15, 0.2) is 0 Å². The molecule has 0 aliphatic carbocycles. The Hall–Kier alpha value is -2.30. The molecule has 0 fully saturated rings. The number of aryl methyl sites for hydroxylation is 2. The van der Waals surface area contributed by atoms with Gasteiger partial charge in [-0.2, -0.15) is 0 Å². The average Bonchev–Trinajstić information content (AvgIpc) is 2.58. The van der Waals surface area contributed by atoms with Crippen LogP contribution in [0.5, 0.6) is 0 Å². The second kappa shape index (κ2) is 6.90. The Morgan fingerprint density at radius 3 is 2.64 bits per heavy atom. The lowest BCUT2D eigenvalue weighted by molar-refractivity contribution is 0.0474. The molecule has 0 unspecified atom stereocenters. The summed E-state index contributed by atoms with van der Waals surface area (Å²) in [5.41, 5.74) is 2.64. The van der Waals surface area contributed by atoms with E-state index in [0.29, 0.717) is 16.2 Å². The highest BCUT2D eigenvalue weighted by Gasteiger charge is 2.15. The van der Waals surface area contributed by atoms with E-state index in [-0.39, 0.29) is 17.2 Å². The van der Waals surface area contributed by atoms with Gasteiger partial charge in [0.05, 0.1) is 10.6 Å². The molecule has 0 amide bonds. The third-order valence-corrected chi connectivity index (χ3v) is 4.59. The monoisotopic (exact) mass is 376 g/mol. The molecule has 0 aliphatic rings. The van der Waals surface area contributed by atoms with Crippen molar-refractivity contribution in [3.8, 4) is 0 Å². The molecule has 128 valence electrons. The molecule has 6 heteroatoms. The van der Waals surface area contributed by atoms with Crippen LogP contribution in [0.3, 0.4) is 0 Å². The van der Waals surface area contributed by atoms with Crippen molar-refractivity contribution in [1.82, 2.24) is 0 Å². The van der Waals surface area contributed by atoms with E-state index >= 15 is 0 Å². The van der Waals surface area contributed by atoms with Gasteiger partial charge in [0.25, 0.3) is 0 Å². The number of halogens is 2. The molecule has 0 saturated carbocycles. The van der Waals surface area contributed by atoms with Crippen LogP contribution in [0.25, 0.3) is 11.0 Å². The SMILES string of the molecule is Cc1ccc2c(COC(=O)c3cc(Cl)ccc3Cl)cc(=O)oc2c1C. The Labute approximate surface area is 153 Å². The average molecular weight is 377 g/mol. The zero-order valence-electron chi connectivity index (χ0n) is 13.6. The summed E-state index contributed by atoms with van der Waals surface area (Å²) < 4.78 is 10.6. The first-order valence-electron chi connectivity index (χ1n) is 7.52. The predicted octanol–water partition coefficient (Wildman–Crippen LogP) is 5.07. The normalized spacial score (nSPS) is 10.9. The highest BCUT2D eigenvalue weighted by atomic mass is 35.5. The number of carbonyl (C=O) groups excluding carboxylic acids is 1. The third-order valence-electron chi connectivity index (χ3n) is 4.02. The molecule has 0 N–H and O–H groups in total. The quantitative estimate of drug-likeness (QED) is 0.472. The second-order valence-corrected chi connectivity index (χ2v) is 6.52. The highest BCUT2D eigenvalue weighted by Crippen LogP contribution is 2.25. The van der Waals surface area contributed by atoms with E-state index in [9.17, 15) is 9.59 Å². The first kappa shape index (κ1) is 17.5. The highest BCUT2D eigenvalue weighted by molar-refractivity contribution is 6.35. The molecule has 4 nitrogen and oxygen atoms in total. The molecule has 0 radical (unpaired) electrons. The van der Waals surface area contributed by atoms with Crippen molar-refractivity contribution in [3.63, 3.8) is 0 Å². The van der Waals surface area contributed by atoms with E-state index in [1.54, 1.807) is 6.07 Å². The summed E-state index contributed by atoms with van der Waals surface area (Å²) >= 11 is 11.9. The molecule has 0 atom stereocenters. The van der Waals surface area contributed by atoms with Gasteiger partial charge in [-0.1, -0.05) is 35.3 Å². The van der Waals surface area contributed by atoms with Crippen LogP contribution in [0, 0.1) is 13.8 Å². The molecule has 0 aliphatic heterocycles. The van der Waals surface area contributed by atoms with Crippen LogP contribution < -0.4 is 5.63 Å². The van der Waals surface area contributed by atoms with Crippen LogP contribution in [0.4, 0.5) is 0 Å². The topological polar surface area (TPSA) is 56.5 Å². The molecule has 3 aromatic rings. The summed E-state index contributed by atoms with van der Waals surface area (Å²) in [7, 11) is 0. The Balaban J connectivity index is 1.93. The van der Waals surface area contributed by atoms with Gasteiger partial charge < -0.3 is 9.15 Å². The van der Waals surface area contributed by atoms with E-state index in [4.69, 9.17) is 32.4 Å². The Kier molecular flexibility index (Phi) is 4.84. The number of rotatable bonds is 3. The largest absolute Gasteiger partial charge is 0.457 e. The van der Waals surface area contributed by atoms with E-state index < -0.39 is 11.6 Å². The lowest BCUT2D eigenvalue weighted by Crippen LogP contribution is -2.09. The summed E-state index contributed by atoms with van der Waals surface area (Å²) in [4.78, 5) is 24.1. The number of benzene rings is 2. The van der Waals surface area contributed by atoms with Crippen molar-refractivity contribution in [1.29, 1.82) is 0 Å². The van der Waals surface area contributed by atoms with Crippen LogP contribution in [-0.2, 0) is 11.3 Å². The number of ether oxygens (including phenoxy) is 1. The van der Waals surface area contributed by atoms with Gasteiger partial charge in [-0.15, -0.1) is 0 Å². The number of fused-ring (bicyclic) bond motifs is 1. The fraction of sp³-hybridized carbons (Fsp3) is 0.158. The van der Waals surface area contributed by atoms with Gasteiger partial charge in [0.2, 0.25) is 0 Å². The number of carbonyl (C=O) groups is 1. The lowest BCUT2D eigenvalue weighted by Gasteiger charge is -2.10. The van der Waals surface area contributed by atoms with Crippen LogP contribution in [0.1, 0.15) is 27.0 Å². The summed E-state index contributed by atoms with van der Waals surface area (Å²) in [6.45, 7) is 3.73. The minimum absolute atomic E-state index is 0.0771. The zero-order valence-corrected chi connectivity index (χ0v) is 15.1. The van der Waals surface area contributed by atoms with E-state index in [1.807, 2.05) is 26.0 Å². The fourth-order valence-corrected chi connectivity index (χ4v) is 2.89. The molecule has 0 bridgehead atoms. The van der Waals surface area contributed by atoms with Crippen LogP contribution in [0.2, 0.25) is 10.0 Å². The summed E-state index contributed by atoms with van der Waals surface area (Å²) in [6, 6.07) is 9.65. The van der Waals surface area contributed by atoms with Crippen molar-refractivity contribution in [2.45, 2.75) is 20.5 Å². The molecule has 2 aromatic carbocycles. The molecule has 0 saturated heterocycles. The van der Waals surface area contributed by atoms with E-state index in [0.717, 1.165) is 16.5 Å². The van der Waals surface area contributed by atoms with Crippen molar-refractivity contribution in [3.05, 3.63) is 79.1 Å². The van der Waals surface area contributed by atoms with Crippen molar-refractivity contribution < 1.29 is 13.9 Å². The fourth-order valence-electron chi connectivity index (χ4n) is 2.52. The molecule has 1 heterocycles. The minimum atomic E-state index is -0.613. The van der Waals surface area contributed by atoms with Crippen LogP contribution in [0.15, 0.2) is 45.6 Å². The van der Waals surface area contributed by atoms with Crippen LogP contribution >= 0.6 is 23.2 Å². The van der Waals surface area contributed by atoms with Gasteiger partial charge >= 0.3 is 11.6 Å². The number of esters is 1. The van der Waals surface area contributed by atoms with Crippen molar-refractivity contribution in [2.24, 2.45) is 0 Å². The van der Waals surface area contributed by atoms with Gasteiger partial charge in [-0.05, 0) is 43.2 Å². The second-order valence-electron chi connectivity index (χ2n) is 5.68. The third kappa shape index (κ3) is 3.55. The predicted molar refractivity (Wildman–Crippen MR) is 97.5 cm³/mol. The Morgan fingerprint density at radius 2 is 1.88 bits per heavy atom. The zero-order chi connectivity index (χ0) is 18.1. The molecule has 3 rings (SSSR count). The minimum Gasteiger partial charge on any atom is -0.457 e. The maximum absolute atomic E-state index is 12.3. The van der Waals surface area contributed by atoms with Crippen LogP contribution in [-0.4, -0.2) is 5.97 Å². The van der Waals surface area contributed by atoms with Gasteiger partial charge in [0.1, 0.15) is 12.2 Å². The smallest absolute Gasteiger partial charge is 0.340 e. The number of hydrogen-bond donors (Lipinski definition) is 0. The van der Waals surface area contributed by atoms with Gasteiger partial charge in [-0.25, -0.2) is 9.59 Å². The Morgan fingerprint density at radius 1 is 1.12 bits per heavy atom. The van der Waals surface area contributed by atoms with E-state index in [2.05, 4.69) is 0 Å². The summed E-state index contributed by atoms with van der Waals surface area (Å²) in [5, 5.41) is 1.36.